The SMILES string of the molecule is Cc1occc1-c1nnc(CCC(=O)NCc2nc3ccccc3n2C)o1. The van der Waals surface area contributed by atoms with E-state index in [1.807, 2.05) is 42.8 Å². The molecule has 0 fully saturated rings. The number of imidazole rings is 1. The zero-order valence-electron chi connectivity index (χ0n) is 15.1. The predicted molar refractivity (Wildman–Crippen MR) is 97.6 cm³/mol. The Balaban J connectivity index is 1.33. The quantitative estimate of drug-likeness (QED) is 0.564. The molecule has 4 aromatic rings. The fourth-order valence-corrected chi connectivity index (χ4v) is 2.91. The summed E-state index contributed by atoms with van der Waals surface area (Å²) in [5.74, 6) is 2.24. The van der Waals surface area contributed by atoms with Crippen LogP contribution >= 0.6 is 0 Å². The Kier molecular flexibility index (Phi) is 4.45. The number of fused-ring (bicyclic) bond motifs is 1. The molecule has 27 heavy (non-hydrogen) atoms. The molecule has 0 saturated heterocycles. The van der Waals surface area contributed by atoms with Gasteiger partial charge < -0.3 is 18.7 Å². The van der Waals surface area contributed by atoms with Gasteiger partial charge in [-0.15, -0.1) is 10.2 Å². The summed E-state index contributed by atoms with van der Waals surface area (Å²) in [6.07, 6.45) is 2.21. The molecule has 0 bridgehead atoms. The number of amides is 1. The average molecular weight is 365 g/mol. The van der Waals surface area contributed by atoms with Crippen LogP contribution in [0.1, 0.15) is 23.9 Å². The van der Waals surface area contributed by atoms with Gasteiger partial charge in [0.25, 0.3) is 5.89 Å². The van der Waals surface area contributed by atoms with Crippen LogP contribution in [0, 0.1) is 6.92 Å². The molecule has 0 saturated carbocycles. The van der Waals surface area contributed by atoms with E-state index in [1.165, 1.54) is 0 Å². The first-order chi connectivity index (χ1) is 13.1. The van der Waals surface area contributed by atoms with Crippen molar-refractivity contribution >= 4 is 16.9 Å². The summed E-state index contributed by atoms with van der Waals surface area (Å²) < 4.78 is 12.8. The van der Waals surface area contributed by atoms with E-state index in [0.29, 0.717) is 30.5 Å². The minimum atomic E-state index is -0.0960. The molecule has 0 unspecified atom stereocenters. The summed E-state index contributed by atoms with van der Waals surface area (Å²) in [4.78, 5) is 16.7. The Morgan fingerprint density at radius 1 is 1.22 bits per heavy atom. The maximum atomic E-state index is 12.2. The molecular weight excluding hydrogens is 346 g/mol. The highest BCUT2D eigenvalue weighted by Crippen LogP contribution is 2.23. The number of para-hydroxylation sites is 2. The zero-order chi connectivity index (χ0) is 18.8. The normalized spacial score (nSPS) is 11.2. The first-order valence-corrected chi connectivity index (χ1v) is 8.65. The molecule has 0 aliphatic heterocycles. The first-order valence-electron chi connectivity index (χ1n) is 8.65. The third kappa shape index (κ3) is 3.46. The van der Waals surface area contributed by atoms with E-state index < -0.39 is 0 Å². The summed E-state index contributed by atoms with van der Waals surface area (Å²) in [5, 5.41) is 10.9. The van der Waals surface area contributed by atoms with Gasteiger partial charge in [0.2, 0.25) is 11.8 Å². The summed E-state index contributed by atoms with van der Waals surface area (Å²) >= 11 is 0. The smallest absolute Gasteiger partial charge is 0.251 e. The maximum absolute atomic E-state index is 12.2. The molecule has 0 spiro atoms. The van der Waals surface area contributed by atoms with Crippen LogP contribution in [0.4, 0.5) is 0 Å². The number of aromatic nitrogens is 4. The van der Waals surface area contributed by atoms with Crippen molar-refractivity contribution < 1.29 is 13.6 Å². The number of carbonyl (C=O) groups is 1. The molecule has 1 aromatic carbocycles. The van der Waals surface area contributed by atoms with Crippen LogP contribution in [0.15, 0.2) is 45.4 Å². The van der Waals surface area contributed by atoms with Crippen molar-refractivity contribution in [3.63, 3.8) is 0 Å². The van der Waals surface area contributed by atoms with E-state index in [9.17, 15) is 4.79 Å². The van der Waals surface area contributed by atoms with Crippen molar-refractivity contribution in [1.29, 1.82) is 0 Å². The lowest BCUT2D eigenvalue weighted by Gasteiger charge is -2.04. The number of nitrogens with zero attached hydrogens (tertiary/aromatic N) is 4. The fraction of sp³-hybridized carbons (Fsp3) is 0.263. The van der Waals surface area contributed by atoms with Crippen molar-refractivity contribution in [1.82, 2.24) is 25.1 Å². The number of aryl methyl sites for hydroxylation is 3. The van der Waals surface area contributed by atoms with E-state index in [2.05, 4.69) is 20.5 Å². The summed E-state index contributed by atoms with van der Waals surface area (Å²) in [6, 6.07) is 9.64. The molecule has 0 atom stereocenters. The van der Waals surface area contributed by atoms with Gasteiger partial charge in [-0.3, -0.25) is 4.79 Å². The number of carbonyl (C=O) groups excluding carboxylic acids is 1. The van der Waals surface area contributed by atoms with Gasteiger partial charge in [0, 0.05) is 19.9 Å². The standard InChI is InChI=1S/C19H19N5O3/c1-12-13(9-10-26-12)19-23-22-18(27-19)8-7-17(25)20-11-16-21-14-5-3-4-6-15(14)24(16)2/h3-6,9-10H,7-8,11H2,1-2H3,(H,20,25). The topological polar surface area (TPSA) is 99.0 Å². The molecule has 8 nitrogen and oxygen atoms in total. The van der Waals surface area contributed by atoms with Crippen molar-refractivity contribution in [3.05, 3.63) is 54.1 Å². The Bertz CT molecular complexity index is 1090. The van der Waals surface area contributed by atoms with Crippen molar-refractivity contribution in [2.75, 3.05) is 0 Å². The lowest BCUT2D eigenvalue weighted by molar-refractivity contribution is -0.121. The lowest BCUT2D eigenvalue weighted by atomic mass is 10.2. The second-order valence-corrected chi connectivity index (χ2v) is 6.24. The van der Waals surface area contributed by atoms with Gasteiger partial charge in [-0.2, -0.15) is 0 Å². The van der Waals surface area contributed by atoms with Gasteiger partial charge in [0.1, 0.15) is 11.6 Å². The molecule has 4 rings (SSSR count). The lowest BCUT2D eigenvalue weighted by Crippen LogP contribution is -2.24. The van der Waals surface area contributed by atoms with Gasteiger partial charge in [0.05, 0.1) is 29.4 Å². The molecule has 3 aromatic heterocycles. The van der Waals surface area contributed by atoms with Crippen LogP contribution in [0.3, 0.4) is 0 Å². The number of benzene rings is 1. The number of nitrogens with one attached hydrogen (secondary N) is 1. The number of hydrogen-bond donors (Lipinski definition) is 1. The van der Waals surface area contributed by atoms with E-state index in [-0.39, 0.29) is 12.3 Å². The number of rotatable bonds is 6. The zero-order valence-corrected chi connectivity index (χ0v) is 15.1. The highest BCUT2D eigenvalue weighted by atomic mass is 16.4. The molecule has 138 valence electrons. The number of furan rings is 1. The summed E-state index contributed by atoms with van der Waals surface area (Å²) in [6.45, 7) is 2.20. The average Bonchev–Trinajstić information content (AvgIpc) is 3.38. The Labute approximate surface area is 155 Å². The highest BCUT2D eigenvalue weighted by molar-refractivity contribution is 5.77. The van der Waals surface area contributed by atoms with Gasteiger partial charge >= 0.3 is 0 Å². The molecular formula is C19H19N5O3. The van der Waals surface area contributed by atoms with Crippen molar-refractivity contribution in [3.8, 4) is 11.5 Å². The Morgan fingerprint density at radius 3 is 2.85 bits per heavy atom. The largest absolute Gasteiger partial charge is 0.469 e. The summed E-state index contributed by atoms with van der Waals surface area (Å²) in [7, 11) is 1.94. The van der Waals surface area contributed by atoms with Gasteiger partial charge in [-0.1, -0.05) is 12.1 Å². The van der Waals surface area contributed by atoms with Gasteiger partial charge in [0.15, 0.2) is 0 Å². The van der Waals surface area contributed by atoms with Gasteiger partial charge in [-0.25, -0.2) is 4.98 Å². The molecule has 3 heterocycles. The van der Waals surface area contributed by atoms with Crippen LogP contribution in [0.5, 0.6) is 0 Å². The minimum absolute atomic E-state index is 0.0960. The third-order valence-corrected chi connectivity index (χ3v) is 4.45. The molecule has 1 amide bonds. The van der Waals surface area contributed by atoms with Crippen molar-refractivity contribution in [2.45, 2.75) is 26.3 Å². The monoisotopic (exact) mass is 365 g/mol. The highest BCUT2D eigenvalue weighted by Gasteiger charge is 2.14. The maximum Gasteiger partial charge on any atom is 0.251 e. The Hall–Kier alpha value is -3.42. The van der Waals surface area contributed by atoms with Crippen LogP contribution in [0.2, 0.25) is 0 Å². The fourth-order valence-electron chi connectivity index (χ4n) is 2.91. The second kappa shape index (κ2) is 7.06. The van der Waals surface area contributed by atoms with Crippen LogP contribution in [0.25, 0.3) is 22.5 Å². The predicted octanol–water partition coefficient (Wildman–Crippen LogP) is 2.77. The molecule has 0 aliphatic carbocycles. The molecule has 0 radical (unpaired) electrons. The molecule has 8 heteroatoms. The summed E-state index contributed by atoms with van der Waals surface area (Å²) in [5.41, 5.74) is 2.71. The molecule has 0 aliphatic rings. The first kappa shape index (κ1) is 17.0. The van der Waals surface area contributed by atoms with E-state index in [4.69, 9.17) is 8.83 Å². The van der Waals surface area contributed by atoms with E-state index in [0.717, 1.165) is 22.4 Å². The number of hydrogen-bond acceptors (Lipinski definition) is 6. The molecule has 1 N–H and O–H groups in total. The van der Waals surface area contributed by atoms with Crippen LogP contribution < -0.4 is 5.32 Å². The van der Waals surface area contributed by atoms with E-state index in [1.54, 1.807) is 12.3 Å². The van der Waals surface area contributed by atoms with Crippen LogP contribution in [-0.2, 0) is 24.8 Å². The minimum Gasteiger partial charge on any atom is -0.469 e. The Morgan fingerprint density at radius 2 is 2.07 bits per heavy atom. The third-order valence-electron chi connectivity index (χ3n) is 4.45. The van der Waals surface area contributed by atoms with E-state index >= 15 is 0 Å². The van der Waals surface area contributed by atoms with Gasteiger partial charge in [-0.05, 0) is 25.1 Å². The van der Waals surface area contributed by atoms with Crippen molar-refractivity contribution in [2.24, 2.45) is 7.05 Å². The second-order valence-electron chi connectivity index (χ2n) is 6.24. The van der Waals surface area contributed by atoms with Crippen LogP contribution in [-0.4, -0.2) is 25.7 Å².